The van der Waals surface area contributed by atoms with Crippen molar-refractivity contribution >= 4 is 34.5 Å². The average molecular weight is 379 g/mol. The zero-order valence-corrected chi connectivity index (χ0v) is 15.1. The van der Waals surface area contributed by atoms with E-state index in [0.29, 0.717) is 37.5 Å². The maximum absolute atomic E-state index is 12.8. The topological polar surface area (TPSA) is 72.2 Å². The van der Waals surface area contributed by atoms with E-state index in [4.69, 9.17) is 25.5 Å². The smallest absolute Gasteiger partial charge is 0.327 e. The number of fused-ring (bicyclic) bond motifs is 1. The molecule has 7 nitrogen and oxygen atoms in total. The third-order valence-corrected chi connectivity index (χ3v) is 5.01. The lowest BCUT2D eigenvalue weighted by Gasteiger charge is -2.36. The number of hydrogen-bond donors (Lipinski definition) is 0. The normalized spacial score (nSPS) is 24.1. The number of halogens is 1. The Morgan fingerprint density at radius 1 is 1.23 bits per heavy atom. The first kappa shape index (κ1) is 17.3. The molecule has 3 heterocycles. The molecule has 26 heavy (non-hydrogen) atoms. The Labute approximate surface area is 155 Å². The van der Waals surface area contributed by atoms with E-state index >= 15 is 0 Å². The van der Waals surface area contributed by atoms with Crippen molar-refractivity contribution < 1.29 is 23.5 Å². The van der Waals surface area contributed by atoms with Crippen molar-refractivity contribution in [3.8, 4) is 0 Å². The van der Waals surface area contributed by atoms with E-state index in [2.05, 4.69) is 0 Å². The van der Waals surface area contributed by atoms with Gasteiger partial charge in [0.1, 0.15) is 17.7 Å². The van der Waals surface area contributed by atoms with Gasteiger partial charge in [-0.2, -0.15) is 0 Å². The number of imide groups is 1. The van der Waals surface area contributed by atoms with Gasteiger partial charge in [-0.25, -0.2) is 4.79 Å². The minimum atomic E-state index is -0.607. The maximum atomic E-state index is 12.8. The number of benzene rings is 1. The number of furan rings is 1. The summed E-state index contributed by atoms with van der Waals surface area (Å²) in [5.74, 6) is -0.267. The molecule has 0 N–H and O–H groups in total. The molecule has 2 fully saturated rings. The molecule has 8 heteroatoms. The van der Waals surface area contributed by atoms with Crippen LogP contribution in [0.25, 0.3) is 11.0 Å². The summed E-state index contributed by atoms with van der Waals surface area (Å²) in [6.07, 6.45) is 0. The van der Waals surface area contributed by atoms with Crippen LogP contribution in [-0.4, -0.2) is 60.2 Å². The lowest BCUT2D eigenvalue weighted by molar-refractivity contribution is -0.153. The van der Waals surface area contributed by atoms with Gasteiger partial charge in [-0.3, -0.25) is 9.69 Å². The third kappa shape index (κ3) is 3.06. The predicted molar refractivity (Wildman–Crippen MR) is 93.9 cm³/mol. The molecule has 0 saturated carbocycles. The SMILES string of the molecule is CC1(CN2CC(=O)N(Cc3c(Cl)oc4ccccc34)C2=O)COCCO1. The van der Waals surface area contributed by atoms with Gasteiger partial charge in [0, 0.05) is 10.9 Å². The number of para-hydroxylation sites is 1. The summed E-state index contributed by atoms with van der Waals surface area (Å²) < 4.78 is 16.7. The highest BCUT2D eigenvalue weighted by Gasteiger charge is 2.41. The Hall–Kier alpha value is -2.09. The molecule has 0 radical (unpaired) electrons. The van der Waals surface area contributed by atoms with E-state index in [1.807, 2.05) is 25.1 Å². The maximum Gasteiger partial charge on any atom is 0.327 e. The highest BCUT2D eigenvalue weighted by molar-refractivity contribution is 6.30. The van der Waals surface area contributed by atoms with Crippen molar-refractivity contribution in [2.45, 2.75) is 19.1 Å². The average Bonchev–Trinajstić information content (AvgIpc) is 3.06. The van der Waals surface area contributed by atoms with E-state index in [9.17, 15) is 9.59 Å². The second kappa shape index (κ2) is 6.57. The molecule has 1 unspecified atom stereocenters. The Kier molecular flexibility index (Phi) is 4.38. The van der Waals surface area contributed by atoms with Gasteiger partial charge >= 0.3 is 6.03 Å². The van der Waals surface area contributed by atoms with Crippen LogP contribution in [0.3, 0.4) is 0 Å². The highest BCUT2D eigenvalue weighted by Crippen LogP contribution is 2.32. The fourth-order valence-electron chi connectivity index (χ4n) is 3.42. The summed E-state index contributed by atoms with van der Waals surface area (Å²) in [7, 11) is 0. The highest BCUT2D eigenvalue weighted by atomic mass is 35.5. The van der Waals surface area contributed by atoms with Crippen molar-refractivity contribution in [3.05, 3.63) is 35.0 Å². The Morgan fingerprint density at radius 3 is 2.81 bits per heavy atom. The standard InChI is InChI=1S/C18H19ClN2O5/c1-18(11-24-6-7-25-18)10-20-9-15(22)21(17(20)23)8-13-12-4-2-3-5-14(12)26-16(13)19/h2-5H,6-11H2,1H3. The quantitative estimate of drug-likeness (QED) is 0.765. The lowest BCUT2D eigenvalue weighted by Crippen LogP contribution is -2.50. The summed E-state index contributed by atoms with van der Waals surface area (Å²) in [6.45, 7) is 3.70. The number of carbonyl (C=O) groups is 2. The molecule has 1 aromatic carbocycles. The van der Waals surface area contributed by atoms with Crippen LogP contribution in [0.1, 0.15) is 12.5 Å². The van der Waals surface area contributed by atoms with E-state index in [1.165, 1.54) is 9.80 Å². The summed E-state index contributed by atoms with van der Waals surface area (Å²) in [4.78, 5) is 27.9. The first-order valence-corrected chi connectivity index (χ1v) is 8.81. The van der Waals surface area contributed by atoms with Crippen molar-refractivity contribution in [2.75, 3.05) is 32.9 Å². The summed E-state index contributed by atoms with van der Waals surface area (Å²) >= 11 is 6.19. The molecule has 138 valence electrons. The van der Waals surface area contributed by atoms with Crippen LogP contribution in [0.4, 0.5) is 4.79 Å². The fourth-order valence-corrected chi connectivity index (χ4v) is 3.66. The molecule has 1 aromatic heterocycles. The van der Waals surface area contributed by atoms with E-state index < -0.39 is 5.60 Å². The fraction of sp³-hybridized carbons (Fsp3) is 0.444. The van der Waals surface area contributed by atoms with Crippen LogP contribution >= 0.6 is 11.6 Å². The molecule has 4 rings (SSSR count). The van der Waals surface area contributed by atoms with Gasteiger partial charge in [0.25, 0.3) is 5.91 Å². The second-order valence-electron chi connectivity index (χ2n) is 6.82. The van der Waals surface area contributed by atoms with Gasteiger partial charge in [0.15, 0.2) is 5.22 Å². The molecule has 0 aliphatic carbocycles. The monoisotopic (exact) mass is 378 g/mol. The molecule has 2 aliphatic heterocycles. The minimum Gasteiger partial charge on any atom is -0.444 e. The van der Waals surface area contributed by atoms with Gasteiger partial charge < -0.3 is 18.8 Å². The predicted octanol–water partition coefficient (Wildman–Crippen LogP) is 2.66. The van der Waals surface area contributed by atoms with Crippen molar-refractivity contribution in [1.29, 1.82) is 0 Å². The largest absolute Gasteiger partial charge is 0.444 e. The molecule has 1 atom stereocenters. The van der Waals surface area contributed by atoms with Gasteiger partial charge in [0.05, 0.1) is 32.9 Å². The Balaban J connectivity index is 1.53. The molecule has 2 aliphatic rings. The van der Waals surface area contributed by atoms with Crippen LogP contribution in [0.2, 0.25) is 5.22 Å². The Bertz CT molecular complexity index is 858. The number of rotatable bonds is 4. The van der Waals surface area contributed by atoms with Gasteiger partial charge in [0.2, 0.25) is 0 Å². The first-order chi connectivity index (χ1) is 12.5. The zero-order chi connectivity index (χ0) is 18.3. The first-order valence-electron chi connectivity index (χ1n) is 8.44. The molecule has 3 amide bonds. The summed E-state index contributed by atoms with van der Waals surface area (Å²) in [6, 6.07) is 7.00. The van der Waals surface area contributed by atoms with Crippen LogP contribution in [0, 0.1) is 0 Å². The number of ether oxygens (including phenoxy) is 2. The molecule has 2 aromatic rings. The van der Waals surface area contributed by atoms with E-state index in [-0.39, 0.29) is 30.2 Å². The minimum absolute atomic E-state index is 0.0190. The van der Waals surface area contributed by atoms with Gasteiger partial charge in [-0.15, -0.1) is 0 Å². The van der Waals surface area contributed by atoms with Gasteiger partial charge in [-0.05, 0) is 24.6 Å². The molecule has 2 saturated heterocycles. The van der Waals surface area contributed by atoms with Crippen LogP contribution in [0.5, 0.6) is 0 Å². The van der Waals surface area contributed by atoms with Crippen LogP contribution in [0.15, 0.2) is 28.7 Å². The number of carbonyl (C=O) groups excluding carboxylic acids is 2. The summed E-state index contributed by atoms with van der Waals surface area (Å²) in [5.41, 5.74) is 0.655. The van der Waals surface area contributed by atoms with Gasteiger partial charge in [-0.1, -0.05) is 18.2 Å². The van der Waals surface area contributed by atoms with E-state index in [0.717, 1.165) is 5.39 Å². The van der Waals surface area contributed by atoms with Crippen molar-refractivity contribution in [1.82, 2.24) is 9.80 Å². The van der Waals surface area contributed by atoms with Crippen LogP contribution < -0.4 is 0 Å². The Morgan fingerprint density at radius 2 is 2.04 bits per heavy atom. The number of nitrogens with zero attached hydrogens (tertiary/aromatic N) is 2. The molecule has 0 bridgehead atoms. The summed E-state index contributed by atoms with van der Waals surface area (Å²) in [5, 5.41) is 0.994. The molecule has 0 spiro atoms. The van der Waals surface area contributed by atoms with Crippen LogP contribution in [-0.2, 0) is 20.8 Å². The molecular formula is C18H19ClN2O5. The molecular weight excluding hydrogens is 360 g/mol. The number of amides is 3. The van der Waals surface area contributed by atoms with Crippen molar-refractivity contribution in [3.63, 3.8) is 0 Å². The number of hydrogen-bond acceptors (Lipinski definition) is 5. The van der Waals surface area contributed by atoms with E-state index in [1.54, 1.807) is 6.07 Å². The lowest BCUT2D eigenvalue weighted by atomic mass is 10.1. The van der Waals surface area contributed by atoms with Crippen molar-refractivity contribution in [2.24, 2.45) is 0 Å². The third-order valence-electron chi connectivity index (χ3n) is 4.70. The number of urea groups is 1. The zero-order valence-electron chi connectivity index (χ0n) is 14.4. The second-order valence-corrected chi connectivity index (χ2v) is 7.16.